The van der Waals surface area contributed by atoms with Crippen LogP contribution in [0.3, 0.4) is 0 Å². The second-order valence-corrected chi connectivity index (χ2v) is 15.3. The first-order valence-corrected chi connectivity index (χ1v) is 19.9. The van der Waals surface area contributed by atoms with E-state index >= 15 is 0 Å². The van der Waals surface area contributed by atoms with Gasteiger partial charge in [-0.25, -0.2) is 9.59 Å². The van der Waals surface area contributed by atoms with Gasteiger partial charge in [0.15, 0.2) is 17.7 Å². The van der Waals surface area contributed by atoms with Gasteiger partial charge < -0.3 is 43.7 Å². The van der Waals surface area contributed by atoms with Gasteiger partial charge in [0.25, 0.3) is 11.8 Å². The van der Waals surface area contributed by atoms with E-state index in [-0.39, 0.29) is 43.4 Å². The molecule has 4 rings (SSSR count). The molecule has 2 saturated heterocycles. The van der Waals surface area contributed by atoms with Crippen LogP contribution in [-0.4, -0.2) is 118 Å². The van der Waals surface area contributed by atoms with Gasteiger partial charge in [-0.2, -0.15) is 0 Å². The van der Waals surface area contributed by atoms with E-state index in [0.717, 1.165) is 42.9 Å². The van der Waals surface area contributed by atoms with Crippen LogP contribution in [0, 0.1) is 23.7 Å². The molecular formula is C45H68N2O11. The summed E-state index contributed by atoms with van der Waals surface area (Å²) >= 11 is 0. The van der Waals surface area contributed by atoms with Crippen LogP contribution in [-0.2, 0) is 42.9 Å². The molecule has 2 atom stereocenters. The van der Waals surface area contributed by atoms with Crippen molar-refractivity contribution in [1.82, 2.24) is 9.80 Å². The first kappa shape index (κ1) is 51.8. The molecule has 324 valence electrons. The van der Waals surface area contributed by atoms with Crippen molar-refractivity contribution in [3.63, 3.8) is 0 Å². The van der Waals surface area contributed by atoms with E-state index in [1.54, 1.807) is 28.9 Å². The van der Waals surface area contributed by atoms with Crippen LogP contribution in [0.5, 0.6) is 0 Å². The number of carboxylic acid groups (broad SMARTS) is 1. The van der Waals surface area contributed by atoms with Crippen molar-refractivity contribution in [2.45, 2.75) is 163 Å². The van der Waals surface area contributed by atoms with Gasteiger partial charge in [-0.1, -0.05) is 37.7 Å². The maximum atomic E-state index is 12.2. The first-order valence-electron chi connectivity index (χ1n) is 19.9. The fourth-order valence-corrected chi connectivity index (χ4v) is 6.82. The molecule has 13 nitrogen and oxygen atoms in total. The highest BCUT2D eigenvalue weighted by Gasteiger charge is 2.39. The number of rotatable bonds is 9. The Morgan fingerprint density at radius 2 is 1.05 bits per heavy atom. The van der Waals surface area contributed by atoms with Crippen LogP contribution in [0.4, 0.5) is 0 Å². The molecule has 2 aliphatic heterocycles. The number of aliphatic hydroxyl groups excluding tert-OH is 1. The number of aliphatic carboxylic acids is 1. The zero-order chi connectivity index (χ0) is 42.8. The Kier molecular flexibility index (Phi) is 22.6. The smallest absolute Gasteiger partial charge is 0.331 e. The zero-order valence-electron chi connectivity index (χ0n) is 35.5. The van der Waals surface area contributed by atoms with Crippen LogP contribution in [0.25, 0.3) is 0 Å². The molecule has 0 aromatic heterocycles. The van der Waals surface area contributed by atoms with Gasteiger partial charge in [-0.3, -0.25) is 9.59 Å². The number of carbonyl (C=O) groups excluding carboxylic acids is 3. The van der Waals surface area contributed by atoms with Gasteiger partial charge in [0.2, 0.25) is 0 Å². The molecule has 0 unspecified atom stereocenters. The molecule has 2 N–H and O–H groups in total. The van der Waals surface area contributed by atoms with E-state index in [0.29, 0.717) is 39.3 Å². The van der Waals surface area contributed by atoms with Gasteiger partial charge in [0, 0.05) is 62.0 Å². The summed E-state index contributed by atoms with van der Waals surface area (Å²) in [7, 11) is 0. The number of esters is 1. The van der Waals surface area contributed by atoms with Crippen molar-refractivity contribution in [2.75, 3.05) is 26.4 Å². The Bertz CT molecular complexity index is 1590. The van der Waals surface area contributed by atoms with Crippen molar-refractivity contribution >= 4 is 23.8 Å². The van der Waals surface area contributed by atoms with Crippen LogP contribution in [0.2, 0.25) is 0 Å². The minimum absolute atomic E-state index is 0. The van der Waals surface area contributed by atoms with E-state index < -0.39 is 35.7 Å². The number of amides is 2. The molecule has 0 radical (unpaired) electrons. The summed E-state index contributed by atoms with van der Waals surface area (Å²) in [6.07, 6.45) is 13.3. The molecule has 4 aliphatic rings. The summed E-state index contributed by atoms with van der Waals surface area (Å²) in [6.45, 7) is 21.2. The topological polar surface area (TPSA) is 161 Å². The van der Waals surface area contributed by atoms with Crippen molar-refractivity contribution in [2.24, 2.45) is 0 Å². The molecule has 0 aromatic rings. The van der Waals surface area contributed by atoms with Crippen molar-refractivity contribution in [1.29, 1.82) is 0 Å². The third-order valence-electron chi connectivity index (χ3n) is 9.07. The first-order chi connectivity index (χ1) is 26.8. The Balaban J connectivity index is 0.000000474. The van der Waals surface area contributed by atoms with E-state index in [1.165, 1.54) is 13.0 Å². The second-order valence-electron chi connectivity index (χ2n) is 15.3. The molecule has 2 fully saturated rings. The summed E-state index contributed by atoms with van der Waals surface area (Å²) in [5, 5.41) is 17.4. The van der Waals surface area contributed by atoms with Crippen LogP contribution >= 0.6 is 0 Å². The number of nitrogens with zero attached hydrogens (tertiary/aromatic N) is 2. The second kappa shape index (κ2) is 25.3. The lowest BCUT2D eigenvalue weighted by molar-refractivity contribution is -0.162. The maximum absolute atomic E-state index is 12.2. The number of ether oxygens (including phenoxy) is 5. The third kappa shape index (κ3) is 18.1. The van der Waals surface area contributed by atoms with Gasteiger partial charge in [-0.05, 0) is 111 Å². The minimum Gasteiger partial charge on any atom is -0.478 e. The normalized spacial score (nSPS) is 18.7. The van der Waals surface area contributed by atoms with Crippen LogP contribution in [0.1, 0.15) is 115 Å². The molecule has 0 saturated carbocycles. The Labute approximate surface area is 346 Å². The zero-order valence-corrected chi connectivity index (χ0v) is 35.5. The van der Waals surface area contributed by atoms with Gasteiger partial charge in [-0.15, -0.1) is 0 Å². The number of aliphatic hydroxyl groups is 1. The van der Waals surface area contributed by atoms with E-state index in [9.17, 15) is 19.2 Å². The van der Waals surface area contributed by atoms with Crippen molar-refractivity contribution in [3.05, 3.63) is 47.6 Å². The lowest BCUT2D eigenvalue weighted by atomic mass is 9.93. The number of carbonyl (C=O) groups is 4. The molecular weight excluding hydrogens is 744 g/mol. The highest BCUT2D eigenvalue weighted by atomic mass is 16.7. The third-order valence-corrected chi connectivity index (χ3v) is 9.07. The standard InChI is InChI=1S/C22H31NO5.C11H19NO2.C11H14O4.CH4/c1-16(2)23(17(3)4)20(24)10-8-18(5)28-21(25)11-9-19-7-6-12-22(15-19)26-13-14-27-22;1-8(2)12(9(3)4)11(14)7-6-10(5)13;12-10(13)4-3-9-2-1-5-11(8-9)14-6-7-15-11;/h7,9,11,16-18H,6,12-15H2,1-5H3;8-10,13H,1-5H3;2-4H,1,5-8H2,(H,12,13);1H4/b11-9+;;4-3+;/t18-;10-;;/m11../s1. The fourth-order valence-electron chi connectivity index (χ4n) is 6.82. The Morgan fingerprint density at radius 3 is 1.41 bits per heavy atom. The van der Waals surface area contributed by atoms with Crippen molar-refractivity contribution in [3.8, 4) is 23.7 Å². The molecule has 0 bridgehead atoms. The summed E-state index contributed by atoms with van der Waals surface area (Å²) in [4.78, 5) is 49.6. The summed E-state index contributed by atoms with van der Waals surface area (Å²) in [5.41, 5.74) is 1.97. The number of allylic oxidation sites excluding steroid dienone is 4. The largest absolute Gasteiger partial charge is 0.478 e. The average molecular weight is 813 g/mol. The quantitative estimate of drug-likeness (QED) is 0.157. The predicted molar refractivity (Wildman–Crippen MR) is 223 cm³/mol. The molecule has 2 spiro atoms. The predicted octanol–water partition coefficient (Wildman–Crippen LogP) is 6.11. The molecule has 2 heterocycles. The summed E-state index contributed by atoms with van der Waals surface area (Å²) in [6, 6.07) is 0.376. The van der Waals surface area contributed by atoms with Gasteiger partial charge >= 0.3 is 11.9 Å². The highest BCUT2D eigenvalue weighted by Crippen LogP contribution is 2.37. The number of hydrogen-bond acceptors (Lipinski definition) is 10. The van der Waals surface area contributed by atoms with Gasteiger partial charge in [0.1, 0.15) is 6.10 Å². The monoisotopic (exact) mass is 812 g/mol. The molecule has 58 heavy (non-hydrogen) atoms. The maximum Gasteiger partial charge on any atom is 0.331 e. The van der Waals surface area contributed by atoms with E-state index in [4.69, 9.17) is 33.9 Å². The SMILES string of the molecule is C.CC(C)N(C(=O)C#C[C@@H](C)O)C(C)C.CC(C)N(C(=O)C#C[C@@H](C)OC(=O)/C=C/C1=CCCC2(C1)OCCO2)C(C)C.O=C(O)/C=C/C1=CCCC2(C1)OCCO2. The summed E-state index contributed by atoms with van der Waals surface area (Å²) in [5.74, 6) is 7.25. The molecule has 13 heteroatoms. The Hall–Kier alpha value is -4.24. The van der Waals surface area contributed by atoms with Crippen LogP contribution in [0.15, 0.2) is 47.6 Å². The minimum atomic E-state index is -0.927. The molecule has 2 amide bonds. The van der Waals surface area contributed by atoms with Gasteiger partial charge in [0.05, 0.1) is 26.4 Å². The lowest BCUT2D eigenvalue weighted by Crippen LogP contribution is -2.41. The fraction of sp³-hybridized carbons (Fsp3) is 0.644. The number of carboxylic acids is 1. The Morgan fingerprint density at radius 1 is 0.672 bits per heavy atom. The van der Waals surface area contributed by atoms with E-state index in [1.807, 2.05) is 61.5 Å². The average Bonchev–Trinajstić information content (AvgIpc) is 3.77. The highest BCUT2D eigenvalue weighted by molar-refractivity contribution is 5.94. The lowest BCUT2D eigenvalue weighted by Gasteiger charge is -2.30. The molecule has 2 aliphatic carbocycles. The van der Waals surface area contributed by atoms with Crippen LogP contribution < -0.4 is 0 Å². The van der Waals surface area contributed by atoms with Crippen molar-refractivity contribution < 1.29 is 53.1 Å². The molecule has 0 aromatic carbocycles. The van der Waals surface area contributed by atoms with E-state index in [2.05, 4.69) is 29.8 Å². The number of hydrogen-bond donors (Lipinski definition) is 2. The summed E-state index contributed by atoms with van der Waals surface area (Å²) < 4.78 is 27.8.